The van der Waals surface area contributed by atoms with Crippen LogP contribution in [0.4, 0.5) is 0 Å². The van der Waals surface area contributed by atoms with Gasteiger partial charge in [-0.15, -0.1) is 0 Å². The molecular weight excluding hydrogens is 270 g/mol. The molecule has 1 rings (SSSR count). The van der Waals surface area contributed by atoms with Crippen molar-refractivity contribution >= 4 is 11.9 Å². The summed E-state index contributed by atoms with van der Waals surface area (Å²) in [6.45, 7) is 11.6. The van der Waals surface area contributed by atoms with Crippen LogP contribution in [0.25, 0.3) is 0 Å². The minimum Gasteiger partial charge on any atom is -0.465 e. The molecule has 1 amide bonds. The van der Waals surface area contributed by atoms with Crippen LogP contribution in [0.15, 0.2) is 0 Å². The van der Waals surface area contributed by atoms with Crippen LogP contribution in [0, 0.1) is 11.3 Å². The first-order valence-corrected chi connectivity index (χ1v) is 7.88. The first-order chi connectivity index (χ1) is 9.81. The first-order valence-electron chi connectivity index (χ1n) is 7.88. The molecule has 0 aromatic heterocycles. The van der Waals surface area contributed by atoms with E-state index >= 15 is 0 Å². The van der Waals surface area contributed by atoms with Gasteiger partial charge in [0, 0.05) is 19.7 Å². The van der Waals surface area contributed by atoms with Gasteiger partial charge in [-0.2, -0.15) is 0 Å². The molecule has 0 bridgehead atoms. The van der Waals surface area contributed by atoms with E-state index in [1.54, 1.807) is 11.8 Å². The predicted molar refractivity (Wildman–Crippen MR) is 80.8 cm³/mol. The number of carbonyl (C=O) groups is 2. The summed E-state index contributed by atoms with van der Waals surface area (Å²) in [5.74, 6) is -1.35. The van der Waals surface area contributed by atoms with Crippen molar-refractivity contribution in [3.63, 3.8) is 0 Å². The average molecular weight is 299 g/mol. The summed E-state index contributed by atoms with van der Waals surface area (Å²) < 4.78 is 10.7. The molecule has 0 aromatic carbocycles. The van der Waals surface area contributed by atoms with Crippen LogP contribution in [-0.2, 0) is 19.1 Å². The van der Waals surface area contributed by atoms with Gasteiger partial charge in [0.25, 0.3) is 0 Å². The lowest BCUT2D eigenvalue weighted by Crippen LogP contribution is -2.48. The minimum atomic E-state index is -0.765. The Morgan fingerprint density at radius 1 is 1.33 bits per heavy atom. The summed E-state index contributed by atoms with van der Waals surface area (Å²) in [4.78, 5) is 26.7. The number of hydrogen-bond donors (Lipinski definition) is 0. The molecule has 0 radical (unpaired) electrons. The Kier molecular flexibility index (Phi) is 6.65. The quantitative estimate of drug-likeness (QED) is 0.557. The van der Waals surface area contributed by atoms with Crippen LogP contribution in [-0.4, -0.2) is 49.2 Å². The van der Waals surface area contributed by atoms with Gasteiger partial charge in [-0.3, -0.25) is 9.59 Å². The van der Waals surface area contributed by atoms with E-state index in [0.29, 0.717) is 13.1 Å². The summed E-state index contributed by atoms with van der Waals surface area (Å²) in [6, 6.07) is 0. The monoisotopic (exact) mass is 299 g/mol. The summed E-state index contributed by atoms with van der Waals surface area (Å²) in [5, 5.41) is 0. The summed E-state index contributed by atoms with van der Waals surface area (Å²) in [5.41, 5.74) is -0.465. The number of rotatable bonds is 6. The Labute approximate surface area is 128 Å². The van der Waals surface area contributed by atoms with E-state index < -0.39 is 17.3 Å². The highest BCUT2D eigenvalue weighted by Crippen LogP contribution is 2.29. The summed E-state index contributed by atoms with van der Waals surface area (Å²) in [7, 11) is 0. The third-order valence-electron chi connectivity index (χ3n) is 3.78. The van der Waals surface area contributed by atoms with Crippen molar-refractivity contribution in [1.29, 1.82) is 0 Å². The molecule has 5 heteroatoms. The van der Waals surface area contributed by atoms with Crippen molar-refractivity contribution < 1.29 is 19.1 Å². The molecule has 0 saturated carbocycles. The second kappa shape index (κ2) is 7.78. The Morgan fingerprint density at radius 2 is 2.00 bits per heavy atom. The fourth-order valence-corrected chi connectivity index (χ4v) is 2.64. The van der Waals surface area contributed by atoms with E-state index in [1.807, 2.05) is 27.7 Å². The van der Waals surface area contributed by atoms with Crippen LogP contribution in [0.5, 0.6) is 0 Å². The molecule has 0 aromatic rings. The standard InChI is InChI=1S/C16H29NO4/c1-6-17(11-12-9-8-10-21-12)14(18)13(16(3,4)5)15(19)20-7-2/h12-13H,6-11H2,1-5H3. The van der Waals surface area contributed by atoms with Crippen molar-refractivity contribution in [1.82, 2.24) is 4.90 Å². The number of carbonyl (C=O) groups excluding carboxylic acids is 2. The number of nitrogens with zero attached hydrogens (tertiary/aromatic N) is 1. The molecule has 1 fully saturated rings. The zero-order valence-corrected chi connectivity index (χ0v) is 14.0. The normalized spacial score (nSPS) is 20.1. The van der Waals surface area contributed by atoms with E-state index in [1.165, 1.54) is 0 Å². The second-order valence-electron chi connectivity index (χ2n) is 6.56. The molecular formula is C16H29NO4. The fraction of sp³-hybridized carbons (Fsp3) is 0.875. The van der Waals surface area contributed by atoms with Crippen molar-refractivity contribution in [2.75, 3.05) is 26.3 Å². The Morgan fingerprint density at radius 3 is 2.43 bits per heavy atom. The maximum atomic E-state index is 12.8. The van der Waals surface area contributed by atoms with Gasteiger partial charge >= 0.3 is 5.97 Å². The number of likely N-dealkylation sites (N-methyl/N-ethyl adjacent to an activating group) is 1. The van der Waals surface area contributed by atoms with Gasteiger partial charge < -0.3 is 14.4 Å². The lowest BCUT2D eigenvalue weighted by Gasteiger charge is -2.33. The molecule has 2 unspecified atom stereocenters. The fourth-order valence-electron chi connectivity index (χ4n) is 2.64. The van der Waals surface area contributed by atoms with Gasteiger partial charge in [-0.25, -0.2) is 0 Å². The number of hydrogen-bond acceptors (Lipinski definition) is 4. The second-order valence-corrected chi connectivity index (χ2v) is 6.56. The summed E-state index contributed by atoms with van der Waals surface area (Å²) in [6.07, 6.45) is 2.11. The van der Waals surface area contributed by atoms with Crippen LogP contribution < -0.4 is 0 Å². The highest BCUT2D eigenvalue weighted by molar-refractivity contribution is 5.98. The van der Waals surface area contributed by atoms with Gasteiger partial charge in [0.2, 0.25) is 5.91 Å². The van der Waals surface area contributed by atoms with Crippen molar-refractivity contribution in [3.05, 3.63) is 0 Å². The Bertz CT molecular complexity index is 356. The van der Waals surface area contributed by atoms with E-state index in [0.717, 1.165) is 19.4 Å². The van der Waals surface area contributed by atoms with E-state index in [-0.39, 0.29) is 18.6 Å². The molecule has 5 nitrogen and oxygen atoms in total. The van der Waals surface area contributed by atoms with Gasteiger partial charge in [0.1, 0.15) is 5.92 Å². The lowest BCUT2D eigenvalue weighted by molar-refractivity contribution is -0.161. The Balaban J connectivity index is 2.83. The van der Waals surface area contributed by atoms with Gasteiger partial charge in [-0.05, 0) is 32.1 Å². The molecule has 0 spiro atoms. The molecule has 2 atom stereocenters. The maximum Gasteiger partial charge on any atom is 0.319 e. The van der Waals surface area contributed by atoms with E-state index in [2.05, 4.69) is 0 Å². The molecule has 21 heavy (non-hydrogen) atoms. The SMILES string of the molecule is CCOC(=O)C(C(=O)N(CC)CC1CCCO1)C(C)(C)C. The van der Waals surface area contributed by atoms with Gasteiger partial charge in [-0.1, -0.05) is 20.8 Å². The van der Waals surface area contributed by atoms with Crippen LogP contribution in [0.2, 0.25) is 0 Å². The zero-order valence-electron chi connectivity index (χ0n) is 14.0. The molecule has 122 valence electrons. The zero-order chi connectivity index (χ0) is 16.0. The first kappa shape index (κ1) is 18.0. The highest BCUT2D eigenvalue weighted by atomic mass is 16.5. The average Bonchev–Trinajstić information content (AvgIpc) is 2.87. The predicted octanol–water partition coefficient (Wildman–Crippen LogP) is 2.24. The van der Waals surface area contributed by atoms with Crippen molar-refractivity contribution in [2.24, 2.45) is 11.3 Å². The molecule has 0 N–H and O–H groups in total. The van der Waals surface area contributed by atoms with E-state index in [9.17, 15) is 9.59 Å². The molecule has 1 aliphatic heterocycles. The van der Waals surface area contributed by atoms with Gasteiger partial charge in [0.05, 0.1) is 12.7 Å². The third-order valence-corrected chi connectivity index (χ3v) is 3.78. The number of esters is 1. The third kappa shape index (κ3) is 4.99. The molecule has 1 saturated heterocycles. The van der Waals surface area contributed by atoms with E-state index in [4.69, 9.17) is 9.47 Å². The molecule has 1 heterocycles. The lowest BCUT2D eigenvalue weighted by atomic mass is 9.79. The smallest absolute Gasteiger partial charge is 0.319 e. The maximum absolute atomic E-state index is 12.8. The van der Waals surface area contributed by atoms with Crippen LogP contribution in [0.3, 0.4) is 0 Å². The topological polar surface area (TPSA) is 55.8 Å². The number of amides is 1. The Hall–Kier alpha value is -1.10. The van der Waals surface area contributed by atoms with Gasteiger partial charge in [0.15, 0.2) is 0 Å². The molecule has 0 aliphatic carbocycles. The van der Waals surface area contributed by atoms with Crippen LogP contribution in [0.1, 0.15) is 47.5 Å². The molecule has 1 aliphatic rings. The summed E-state index contributed by atoms with van der Waals surface area (Å²) >= 11 is 0. The highest BCUT2D eigenvalue weighted by Gasteiger charge is 2.41. The van der Waals surface area contributed by atoms with Crippen molar-refractivity contribution in [3.8, 4) is 0 Å². The van der Waals surface area contributed by atoms with Crippen LogP contribution >= 0.6 is 0 Å². The largest absolute Gasteiger partial charge is 0.465 e. The number of ether oxygens (including phenoxy) is 2. The minimum absolute atomic E-state index is 0.0942. The van der Waals surface area contributed by atoms with Crippen molar-refractivity contribution in [2.45, 2.75) is 53.6 Å².